The Labute approximate surface area is 58.3 Å². The number of nitrogens with zero attached hydrogens (tertiary/aromatic N) is 1. The summed E-state index contributed by atoms with van der Waals surface area (Å²) >= 11 is 4.16. The van der Waals surface area contributed by atoms with Gasteiger partial charge in [0.15, 0.2) is 0 Å². The molecular weight excluding hydrogens is 134 g/mol. The van der Waals surface area contributed by atoms with E-state index in [9.17, 15) is 0 Å². The predicted octanol–water partition coefficient (Wildman–Crippen LogP) is 0.302. The van der Waals surface area contributed by atoms with Crippen LogP contribution in [0.15, 0.2) is 5.03 Å². The molecule has 0 radical (unpaired) electrons. The molecule has 0 aromatic carbocycles. The normalized spacial score (nSPS) is 16.1. The molecule has 1 aliphatic heterocycles. The Balaban J connectivity index is 2.56. The average Bonchev–Trinajstić information content (AvgIpc) is 2.35. The summed E-state index contributed by atoms with van der Waals surface area (Å²) < 4.78 is 0. The lowest BCUT2D eigenvalue weighted by molar-refractivity contribution is 0.729. The zero-order chi connectivity index (χ0) is 6.27. The highest BCUT2D eigenvalue weighted by atomic mass is 32.1. The van der Waals surface area contributed by atoms with Crippen LogP contribution in [-0.4, -0.2) is 10.2 Å². The second-order valence-corrected chi connectivity index (χ2v) is 2.53. The first-order chi connectivity index (χ1) is 4.38. The maximum absolute atomic E-state index is 4.16. The molecule has 0 amide bonds. The molecule has 0 bridgehead atoms. The van der Waals surface area contributed by atoms with Crippen molar-refractivity contribution in [3.05, 3.63) is 11.3 Å². The molecule has 1 aliphatic rings. The highest BCUT2D eigenvalue weighted by molar-refractivity contribution is 7.80. The van der Waals surface area contributed by atoms with E-state index in [0.717, 1.165) is 18.1 Å². The summed E-state index contributed by atoms with van der Waals surface area (Å²) in [5.74, 6) is 0. The molecule has 0 fully saturated rings. The van der Waals surface area contributed by atoms with E-state index < -0.39 is 0 Å². The lowest BCUT2D eigenvalue weighted by Gasteiger charge is -1.85. The van der Waals surface area contributed by atoms with Crippen LogP contribution in [0.2, 0.25) is 0 Å². The van der Waals surface area contributed by atoms with Gasteiger partial charge in [-0.25, -0.2) is 0 Å². The van der Waals surface area contributed by atoms with E-state index in [1.807, 2.05) is 0 Å². The molecule has 48 valence electrons. The second kappa shape index (κ2) is 1.75. The minimum Gasteiger partial charge on any atom is -0.307 e. The van der Waals surface area contributed by atoms with E-state index in [2.05, 4.69) is 28.1 Å². The second-order valence-electron chi connectivity index (χ2n) is 2.11. The molecule has 4 heteroatoms. The first-order valence-corrected chi connectivity index (χ1v) is 3.28. The third-order valence-electron chi connectivity index (χ3n) is 1.53. The summed E-state index contributed by atoms with van der Waals surface area (Å²) in [4.78, 5) is 0. The number of rotatable bonds is 0. The van der Waals surface area contributed by atoms with Crippen LogP contribution in [0.1, 0.15) is 11.3 Å². The van der Waals surface area contributed by atoms with Crippen molar-refractivity contribution in [3.63, 3.8) is 0 Å². The van der Waals surface area contributed by atoms with Crippen molar-refractivity contribution in [1.29, 1.82) is 0 Å². The van der Waals surface area contributed by atoms with Crippen molar-refractivity contribution in [3.8, 4) is 0 Å². The van der Waals surface area contributed by atoms with Gasteiger partial charge in [0.1, 0.15) is 5.03 Å². The summed E-state index contributed by atoms with van der Waals surface area (Å²) in [5.41, 5.74) is 2.40. The van der Waals surface area contributed by atoms with Crippen molar-refractivity contribution in [2.45, 2.75) is 18.1 Å². The Kier molecular flexibility index (Phi) is 1.03. The van der Waals surface area contributed by atoms with Crippen LogP contribution >= 0.6 is 12.6 Å². The molecule has 3 nitrogen and oxygen atoms in total. The molecule has 2 rings (SSSR count). The molecule has 2 heterocycles. The van der Waals surface area contributed by atoms with E-state index in [-0.39, 0.29) is 0 Å². The summed E-state index contributed by atoms with van der Waals surface area (Å²) in [7, 11) is 0. The van der Waals surface area contributed by atoms with Crippen LogP contribution in [0.4, 0.5) is 0 Å². The fourth-order valence-corrected chi connectivity index (χ4v) is 1.30. The van der Waals surface area contributed by atoms with Crippen molar-refractivity contribution in [2.24, 2.45) is 0 Å². The van der Waals surface area contributed by atoms with E-state index in [4.69, 9.17) is 0 Å². The number of aromatic amines is 1. The van der Waals surface area contributed by atoms with Crippen molar-refractivity contribution >= 4 is 12.6 Å². The van der Waals surface area contributed by atoms with Crippen molar-refractivity contribution in [2.75, 3.05) is 0 Å². The van der Waals surface area contributed by atoms with Crippen LogP contribution in [0.3, 0.4) is 0 Å². The maximum Gasteiger partial charge on any atom is 0.120 e. The van der Waals surface area contributed by atoms with E-state index in [1.54, 1.807) is 0 Å². The van der Waals surface area contributed by atoms with Crippen LogP contribution in [0.5, 0.6) is 0 Å². The minimum atomic E-state index is 0.829. The predicted molar refractivity (Wildman–Crippen MR) is 36.4 cm³/mol. The van der Waals surface area contributed by atoms with Crippen LogP contribution in [0, 0.1) is 0 Å². The molecule has 1 aromatic heterocycles. The van der Waals surface area contributed by atoms with Gasteiger partial charge in [0.25, 0.3) is 0 Å². The van der Waals surface area contributed by atoms with Gasteiger partial charge in [-0.2, -0.15) is 5.10 Å². The third kappa shape index (κ3) is 0.668. The van der Waals surface area contributed by atoms with Gasteiger partial charge >= 0.3 is 0 Å². The topological polar surface area (TPSA) is 40.7 Å². The first kappa shape index (κ1) is 5.32. The van der Waals surface area contributed by atoms with Crippen molar-refractivity contribution in [1.82, 2.24) is 15.5 Å². The first-order valence-electron chi connectivity index (χ1n) is 2.84. The zero-order valence-corrected chi connectivity index (χ0v) is 5.70. The molecule has 2 N–H and O–H groups in total. The van der Waals surface area contributed by atoms with Crippen LogP contribution < -0.4 is 5.32 Å². The summed E-state index contributed by atoms with van der Waals surface area (Å²) in [5, 5.41) is 10.9. The lowest BCUT2D eigenvalue weighted by atomic mass is 10.3. The van der Waals surface area contributed by atoms with Gasteiger partial charge in [0.05, 0.1) is 5.69 Å². The van der Waals surface area contributed by atoms with Gasteiger partial charge < -0.3 is 5.32 Å². The van der Waals surface area contributed by atoms with Gasteiger partial charge in [-0.1, -0.05) is 0 Å². The fraction of sp³-hybridized carbons (Fsp3) is 0.400. The standard InChI is InChI=1S/C5H7N3S/c9-5-3-1-6-2-4(3)7-8-5/h6H,1-2H2,(H2,7,8,9). The van der Waals surface area contributed by atoms with E-state index >= 15 is 0 Å². The average molecular weight is 141 g/mol. The van der Waals surface area contributed by atoms with Gasteiger partial charge in [-0.05, 0) is 0 Å². The summed E-state index contributed by atoms with van der Waals surface area (Å²) in [6, 6.07) is 0. The van der Waals surface area contributed by atoms with Crippen LogP contribution in [0.25, 0.3) is 0 Å². The quantitative estimate of drug-likeness (QED) is 0.455. The minimum absolute atomic E-state index is 0.829. The zero-order valence-electron chi connectivity index (χ0n) is 4.81. The number of H-pyrrole nitrogens is 1. The number of thiol groups is 1. The molecule has 0 spiro atoms. The molecule has 0 aliphatic carbocycles. The highest BCUT2D eigenvalue weighted by Crippen LogP contribution is 2.18. The Morgan fingerprint density at radius 1 is 1.44 bits per heavy atom. The highest BCUT2D eigenvalue weighted by Gasteiger charge is 2.14. The number of hydrogen-bond donors (Lipinski definition) is 3. The molecule has 9 heavy (non-hydrogen) atoms. The van der Waals surface area contributed by atoms with E-state index in [0.29, 0.717) is 0 Å². The monoisotopic (exact) mass is 141 g/mol. The van der Waals surface area contributed by atoms with E-state index in [1.165, 1.54) is 11.3 Å². The SMILES string of the molecule is Sc1n[nH]c2c1CNC2. The maximum atomic E-state index is 4.16. The number of fused-ring (bicyclic) bond motifs is 1. The van der Waals surface area contributed by atoms with Gasteiger partial charge in [0.2, 0.25) is 0 Å². The summed E-state index contributed by atoms with van der Waals surface area (Å²) in [6.07, 6.45) is 0. The van der Waals surface area contributed by atoms with Gasteiger partial charge in [0, 0.05) is 18.7 Å². The lowest BCUT2D eigenvalue weighted by Crippen LogP contribution is -2.02. The number of hydrogen-bond acceptors (Lipinski definition) is 3. The van der Waals surface area contributed by atoms with Gasteiger partial charge in [-0.15, -0.1) is 12.6 Å². The Bertz CT molecular complexity index is 230. The number of nitrogens with one attached hydrogen (secondary N) is 2. The molecule has 0 unspecified atom stereocenters. The summed E-state index contributed by atoms with van der Waals surface area (Å²) in [6.45, 7) is 1.81. The molecule has 0 atom stereocenters. The van der Waals surface area contributed by atoms with Crippen molar-refractivity contribution < 1.29 is 0 Å². The molecular formula is C5H7N3S. The number of aromatic nitrogens is 2. The Morgan fingerprint density at radius 3 is 3.11 bits per heavy atom. The molecule has 0 saturated carbocycles. The molecule has 0 saturated heterocycles. The Morgan fingerprint density at radius 2 is 2.33 bits per heavy atom. The van der Waals surface area contributed by atoms with Crippen LogP contribution in [-0.2, 0) is 13.1 Å². The fourth-order valence-electron chi connectivity index (χ4n) is 1.03. The third-order valence-corrected chi connectivity index (χ3v) is 1.90. The largest absolute Gasteiger partial charge is 0.307 e. The van der Waals surface area contributed by atoms with Gasteiger partial charge in [-0.3, -0.25) is 5.10 Å². The Hall–Kier alpha value is -0.480. The smallest absolute Gasteiger partial charge is 0.120 e. The molecule has 1 aromatic rings.